The minimum absolute atomic E-state index is 0.285. The van der Waals surface area contributed by atoms with Crippen LogP contribution in [0.3, 0.4) is 0 Å². The fraction of sp³-hybridized carbons (Fsp3) is 0.286. The molecular formula is C28H28N10O2. The molecule has 12 nitrogen and oxygen atoms in total. The molecule has 1 fully saturated rings. The van der Waals surface area contributed by atoms with Gasteiger partial charge in [0.1, 0.15) is 6.07 Å². The number of nitrogens with one attached hydrogen (secondary N) is 1. The molecule has 1 saturated heterocycles. The summed E-state index contributed by atoms with van der Waals surface area (Å²) >= 11 is 0. The van der Waals surface area contributed by atoms with Crippen LogP contribution in [0, 0.1) is 18.3 Å². The zero-order chi connectivity index (χ0) is 27.8. The Labute approximate surface area is 230 Å². The Hall–Kier alpha value is -4.70. The highest BCUT2D eigenvalue weighted by molar-refractivity contribution is 5.79. The highest BCUT2D eigenvalue weighted by atomic mass is 16.5. The van der Waals surface area contributed by atoms with Crippen LogP contribution in [0.2, 0.25) is 0 Å². The number of pyridine rings is 2. The molecule has 0 bridgehead atoms. The van der Waals surface area contributed by atoms with Crippen molar-refractivity contribution in [2.45, 2.75) is 32.6 Å². The molecule has 0 aromatic carbocycles. The molecule has 5 aromatic heterocycles. The average molecular weight is 537 g/mol. The zero-order valence-corrected chi connectivity index (χ0v) is 22.4. The molecule has 1 aliphatic rings. The molecule has 202 valence electrons. The number of hydrogen-bond acceptors (Lipinski definition) is 10. The molecule has 12 heteroatoms. The van der Waals surface area contributed by atoms with Crippen LogP contribution in [-0.2, 0) is 11.3 Å². The summed E-state index contributed by atoms with van der Waals surface area (Å²) in [5.41, 5.74) is 5.71. The number of aliphatic hydroxyl groups excluding tert-OH is 1. The third kappa shape index (κ3) is 4.89. The lowest BCUT2D eigenvalue weighted by Gasteiger charge is -2.37. The fourth-order valence-corrected chi connectivity index (χ4v) is 4.79. The number of aromatic nitrogens is 7. The number of aryl methyl sites for hydroxylation is 1. The van der Waals surface area contributed by atoms with Gasteiger partial charge in [0.25, 0.3) is 0 Å². The first-order valence-electron chi connectivity index (χ1n) is 12.9. The molecule has 6 rings (SSSR count). The van der Waals surface area contributed by atoms with Gasteiger partial charge in [-0.3, -0.25) is 4.90 Å². The van der Waals surface area contributed by atoms with Crippen molar-refractivity contribution >= 4 is 17.0 Å². The smallest absolute Gasteiger partial charge is 0.163 e. The van der Waals surface area contributed by atoms with Crippen molar-refractivity contribution in [3.8, 4) is 23.1 Å². The quantitative estimate of drug-likeness (QED) is 0.304. The van der Waals surface area contributed by atoms with E-state index in [-0.39, 0.29) is 5.69 Å². The van der Waals surface area contributed by atoms with Crippen LogP contribution in [0.25, 0.3) is 22.6 Å². The number of likely N-dealkylation sites (tertiary alicyclic amines) is 1. The number of anilines is 2. The van der Waals surface area contributed by atoms with Crippen molar-refractivity contribution in [1.29, 1.82) is 5.26 Å². The number of ether oxygens (including phenoxy) is 1. The van der Waals surface area contributed by atoms with Crippen LogP contribution in [0.4, 0.5) is 11.5 Å². The Bertz CT molecular complexity index is 1710. The monoisotopic (exact) mass is 536 g/mol. The third-order valence-electron chi connectivity index (χ3n) is 6.98. The summed E-state index contributed by atoms with van der Waals surface area (Å²) in [6.45, 7) is 6.10. The van der Waals surface area contributed by atoms with Crippen molar-refractivity contribution in [3.63, 3.8) is 0 Å². The van der Waals surface area contributed by atoms with Gasteiger partial charge in [-0.1, -0.05) is 6.07 Å². The molecule has 6 heterocycles. The Balaban J connectivity index is 1.23. The maximum Gasteiger partial charge on any atom is 0.163 e. The van der Waals surface area contributed by atoms with E-state index in [9.17, 15) is 10.4 Å². The maximum atomic E-state index is 10.4. The minimum atomic E-state index is -0.765. The molecule has 5 aromatic rings. The lowest BCUT2D eigenvalue weighted by molar-refractivity contribution is -0.0340. The van der Waals surface area contributed by atoms with E-state index in [1.807, 2.05) is 49.5 Å². The van der Waals surface area contributed by atoms with Crippen molar-refractivity contribution < 1.29 is 9.84 Å². The van der Waals surface area contributed by atoms with Gasteiger partial charge in [0.05, 0.1) is 47.2 Å². The summed E-state index contributed by atoms with van der Waals surface area (Å²) in [5, 5.41) is 40.5. The first-order valence-corrected chi connectivity index (χ1v) is 12.9. The van der Waals surface area contributed by atoms with Crippen LogP contribution in [0.15, 0.2) is 54.9 Å². The van der Waals surface area contributed by atoms with Crippen LogP contribution < -0.4 is 5.32 Å². The molecule has 0 unspecified atom stereocenters. The highest BCUT2D eigenvalue weighted by Gasteiger charge is 2.26. The van der Waals surface area contributed by atoms with E-state index >= 15 is 0 Å². The van der Waals surface area contributed by atoms with Gasteiger partial charge in [-0.2, -0.15) is 20.6 Å². The molecule has 2 N–H and O–H groups in total. The summed E-state index contributed by atoms with van der Waals surface area (Å²) in [5.74, 6) is 1.11. The SMILES string of the molecule is COC1CN(Cc2ccc(Nc3ccc4c(-c5ccc([C@H](C)O)c(-n6nc(C#N)cc6C)n5)cnn4c3)nn2)C1. The number of rotatable bonds is 8. The Morgan fingerprint density at radius 2 is 2.02 bits per heavy atom. The second kappa shape index (κ2) is 10.5. The van der Waals surface area contributed by atoms with Gasteiger partial charge >= 0.3 is 0 Å². The first-order chi connectivity index (χ1) is 19.4. The summed E-state index contributed by atoms with van der Waals surface area (Å²) < 4.78 is 8.68. The summed E-state index contributed by atoms with van der Waals surface area (Å²) in [6, 6.07) is 15.2. The fourth-order valence-electron chi connectivity index (χ4n) is 4.79. The van der Waals surface area contributed by atoms with Crippen molar-refractivity contribution in [2.75, 3.05) is 25.5 Å². The molecule has 0 aliphatic carbocycles. The first kappa shape index (κ1) is 25.6. The number of fused-ring (bicyclic) bond motifs is 1. The number of methoxy groups -OCH3 is 1. The van der Waals surface area contributed by atoms with E-state index in [2.05, 4.69) is 36.7 Å². The van der Waals surface area contributed by atoms with E-state index in [1.165, 1.54) is 0 Å². The standard InChI is InChI=1S/C28H28N10O2/c1-17-10-21(11-29)35-38(17)28-23(18(2)39)6-7-25(32-28)24-12-30-37-14-19(4-8-26(24)37)31-27-9-5-20(33-34-27)13-36-15-22(16-36)40-3/h4-10,12,14,18,22,39H,13,15-16H2,1-3H3,(H,31,34)/t18-/m0/s1. The summed E-state index contributed by atoms with van der Waals surface area (Å²) in [6.07, 6.45) is 3.18. The highest BCUT2D eigenvalue weighted by Crippen LogP contribution is 2.29. The Kier molecular flexibility index (Phi) is 6.69. The molecular weight excluding hydrogens is 508 g/mol. The number of nitrogens with zero attached hydrogens (tertiary/aromatic N) is 9. The third-order valence-corrected chi connectivity index (χ3v) is 6.98. The summed E-state index contributed by atoms with van der Waals surface area (Å²) in [7, 11) is 1.74. The minimum Gasteiger partial charge on any atom is -0.389 e. The van der Waals surface area contributed by atoms with Crippen molar-refractivity contribution in [3.05, 3.63) is 77.5 Å². The van der Waals surface area contributed by atoms with Crippen LogP contribution in [0.1, 0.15) is 35.7 Å². The molecule has 1 aliphatic heterocycles. The van der Waals surface area contributed by atoms with Gasteiger partial charge in [0.2, 0.25) is 0 Å². The van der Waals surface area contributed by atoms with Crippen molar-refractivity contribution in [2.24, 2.45) is 0 Å². The second-order valence-electron chi connectivity index (χ2n) is 9.87. The maximum absolute atomic E-state index is 10.4. The molecule has 0 radical (unpaired) electrons. The van der Waals surface area contributed by atoms with E-state index in [1.54, 1.807) is 35.5 Å². The van der Waals surface area contributed by atoms with E-state index in [0.29, 0.717) is 29.0 Å². The van der Waals surface area contributed by atoms with Gasteiger partial charge in [-0.05, 0) is 50.2 Å². The lowest BCUT2D eigenvalue weighted by atomic mass is 10.1. The zero-order valence-electron chi connectivity index (χ0n) is 22.4. The molecule has 0 saturated carbocycles. The normalized spacial score (nSPS) is 14.7. The predicted octanol–water partition coefficient (Wildman–Crippen LogP) is 3.18. The van der Waals surface area contributed by atoms with Crippen LogP contribution in [0.5, 0.6) is 0 Å². The number of aliphatic hydroxyl groups is 1. The van der Waals surface area contributed by atoms with E-state index < -0.39 is 6.10 Å². The predicted molar refractivity (Wildman–Crippen MR) is 147 cm³/mol. The number of hydrogen-bond donors (Lipinski definition) is 2. The molecule has 40 heavy (non-hydrogen) atoms. The van der Waals surface area contributed by atoms with Gasteiger partial charge in [0, 0.05) is 43.6 Å². The second-order valence-corrected chi connectivity index (χ2v) is 9.87. The largest absolute Gasteiger partial charge is 0.389 e. The average Bonchev–Trinajstić information content (AvgIpc) is 3.53. The van der Waals surface area contributed by atoms with Crippen LogP contribution in [-0.4, -0.2) is 70.9 Å². The van der Waals surface area contributed by atoms with E-state index in [0.717, 1.165) is 47.8 Å². The topological polar surface area (TPSA) is 142 Å². The summed E-state index contributed by atoms with van der Waals surface area (Å²) in [4.78, 5) is 7.10. The number of nitriles is 1. The molecule has 0 spiro atoms. The molecule has 1 atom stereocenters. The van der Waals surface area contributed by atoms with Gasteiger partial charge < -0.3 is 15.2 Å². The van der Waals surface area contributed by atoms with Crippen LogP contribution >= 0.6 is 0 Å². The van der Waals surface area contributed by atoms with Gasteiger partial charge in [0.15, 0.2) is 17.3 Å². The van der Waals surface area contributed by atoms with Gasteiger partial charge in [-0.15, -0.1) is 5.10 Å². The van der Waals surface area contributed by atoms with E-state index in [4.69, 9.17) is 9.72 Å². The molecule has 0 amide bonds. The lowest BCUT2D eigenvalue weighted by Crippen LogP contribution is -2.51. The van der Waals surface area contributed by atoms with Gasteiger partial charge in [-0.25, -0.2) is 14.2 Å². The Morgan fingerprint density at radius 1 is 1.18 bits per heavy atom. The van der Waals surface area contributed by atoms with Crippen molar-refractivity contribution in [1.82, 2.24) is 39.5 Å². The Morgan fingerprint density at radius 3 is 2.73 bits per heavy atom.